The van der Waals surface area contributed by atoms with Crippen LogP contribution >= 0.6 is 0 Å². The summed E-state index contributed by atoms with van der Waals surface area (Å²) in [6.45, 7) is 2.29. The predicted octanol–water partition coefficient (Wildman–Crippen LogP) is 2.83. The van der Waals surface area contributed by atoms with E-state index in [0.717, 1.165) is 12.0 Å². The number of benzene rings is 2. The normalized spacial score (nSPS) is 11.4. The summed E-state index contributed by atoms with van der Waals surface area (Å²) in [5.74, 6) is -0.370. The minimum absolute atomic E-state index is 0.0315. The van der Waals surface area contributed by atoms with Crippen molar-refractivity contribution in [2.75, 3.05) is 4.72 Å². The van der Waals surface area contributed by atoms with Crippen LogP contribution in [0.4, 0.5) is 10.3 Å². The van der Waals surface area contributed by atoms with Gasteiger partial charge in [0.15, 0.2) is 0 Å². The van der Waals surface area contributed by atoms with E-state index < -0.39 is 10.0 Å². The Morgan fingerprint density at radius 3 is 2.56 bits per heavy atom. The third-order valence-electron chi connectivity index (χ3n) is 3.64. The summed E-state index contributed by atoms with van der Waals surface area (Å²) in [4.78, 5) is 4.09. The number of nitrogens with one attached hydrogen (secondary N) is 1. The van der Waals surface area contributed by atoms with Gasteiger partial charge in [-0.2, -0.15) is 4.98 Å². The Hall–Kier alpha value is -2.74. The highest BCUT2D eigenvalue weighted by Gasteiger charge is 2.16. The van der Waals surface area contributed by atoms with E-state index in [4.69, 9.17) is 0 Å². The van der Waals surface area contributed by atoms with Crippen molar-refractivity contribution in [2.45, 2.75) is 24.8 Å². The monoisotopic (exact) mass is 360 g/mol. The predicted molar refractivity (Wildman–Crippen MR) is 92.2 cm³/mol. The molecule has 0 amide bonds. The van der Waals surface area contributed by atoms with Crippen LogP contribution in [0.25, 0.3) is 0 Å². The van der Waals surface area contributed by atoms with E-state index in [-0.39, 0.29) is 23.2 Å². The minimum Gasteiger partial charge on any atom is -0.246 e. The van der Waals surface area contributed by atoms with E-state index in [9.17, 15) is 12.8 Å². The van der Waals surface area contributed by atoms with E-state index in [0.29, 0.717) is 5.56 Å². The van der Waals surface area contributed by atoms with Crippen LogP contribution in [0.3, 0.4) is 0 Å². The Kier molecular flexibility index (Phi) is 4.80. The molecule has 0 aliphatic carbocycles. The molecule has 25 heavy (non-hydrogen) atoms. The number of hydrogen-bond donors (Lipinski definition) is 1. The maximum absolute atomic E-state index is 13.2. The zero-order chi connectivity index (χ0) is 17.9. The molecule has 0 unspecified atom stereocenters. The molecule has 0 fully saturated rings. The van der Waals surface area contributed by atoms with Gasteiger partial charge in [-0.25, -0.2) is 22.2 Å². The van der Waals surface area contributed by atoms with Crippen LogP contribution < -0.4 is 4.72 Å². The topological polar surface area (TPSA) is 76.9 Å². The van der Waals surface area contributed by atoms with Gasteiger partial charge in [-0.1, -0.05) is 31.2 Å². The summed E-state index contributed by atoms with van der Waals surface area (Å²) in [5, 5.41) is 4.07. The fraction of sp³-hybridized carbons (Fsp3) is 0.176. The molecule has 0 atom stereocenters. The van der Waals surface area contributed by atoms with Gasteiger partial charge in [0.1, 0.15) is 12.1 Å². The molecule has 130 valence electrons. The van der Waals surface area contributed by atoms with Crippen molar-refractivity contribution in [1.82, 2.24) is 14.8 Å². The van der Waals surface area contributed by atoms with E-state index in [1.807, 2.05) is 6.92 Å². The number of halogens is 1. The first-order valence-electron chi connectivity index (χ1n) is 7.72. The van der Waals surface area contributed by atoms with Gasteiger partial charge >= 0.3 is 0 Å². The lowest BCUT2D eigenvalue weighted by molar-refractivity contribution is 0.600. The molecule has 3 rings (SSSR count). The second-order valence-electron chi connectivity index (χ2n) is 5.50. The quantitative estimate of drug-likeness (QED) is 0.733. The Bertz CT molecular complexity index is 968. The summed E-state index contributed by atoms with van der Waals surface area (Å²) in [5.41, 5.74) is 1.76. The number of hydrogen-bond acceptors (Lipinski definition) is 4. The molecule has 3 aromatic rings. The molecule has 8 heteroatoms. The second-order valence-corrected chi connectivity index (χ2v) is 7.18. The van der Waals surface area contributed by atoms with Crippen LogP contribution in [-0.2, 0) is 23.0 Å². The van der Waals surface area contributed by atoms with Gasteiger partial charge < -0.3 is 0 Å². The number of aromatic nitrogens is 3. The third-order valence-corrected chi connectivity index (χ3v) is 4.98. The van der Waals surface area contributed by atoms with E-state index in [1.165, 1.54) is 23.1 Å². The lowest BCUT2D eigenvalue weighted by atomic mass is 10.2. The summed E-state index contributed by atoms with van der Waals surface area (Å²) >= 11 is 0. The highest BCUT2D eigenvalue weighted by atomic mass is 32.2. The standard InChI is InChI=1S/C17H17FN4O2S/c1-2-13-6-8-16(9-7-13)25(23,24)21-17-19-12-22(20-17)11-14-4-3-5-15(18)10-14/h3-10,12H,2,11H2,1H3,(H,20,21). The van der Waals surface area contributed by atoms with Gasteiger partial charge in [0.25, 0.3) is 16.0 Å². The van der Waals surface area contributed by atoms with Crippen molar-refractivity contribution in [1.29, 1.82) is 0 Å². The first-order chi connectivity index (χ1) is 12.0. The molecule has 0 bridgehead atoms. The van der Waals surface area contributed by atoms with Crippen molar-refractivity contribution in [3.05, 3.63) is 71.8 Å². The van der Waals surface area contributed by atoms with E-state index in [2.05, 4.69) is 14.8 Å². The molecule has 1 N–H and O–H groups in total. The maximum atomic E-state index is 13.2. The SMILES string of the molecule is CCc1ccc(S(=O)(=O)Nc2ncn(Cc3cccc(F)c3)n2)cc1. The van der Waals surface area contributed by atoms with Gasteiger partial charge in [-0.05, 0) is 41.8 Å². The van der Waals surface area contributed by atoms with Crippen molar-refractivity contribution in [2.24, 2.45) is 0 Å². The molecule has 6 nitrogen and oxygen atoms in total. The summed E-state index contributed by atoms with van der Waals surface area (Å²) < 4.78 is 41.7. The summed E-state index contributed by atoms with van der Waals surface area (Å²) in [7, 11) is -3.75. The fourth-order valence-corrected chi connectivity index (χ4v) is 3.27. The van der Waals surface area contributed by atoms with Crippen molar-refractivity contribution in [3.63, 3.8) is 0 Å². The van der Waals surface area contributed by atoms with Crippen LogP contribution in [-0.4, -0.2) is 23.2 Å². The van der Waals surface area contributed by atoms with Crippen LogP contribution in [0.15, 0.2) is 59.8 Å². The van der Waals surface area contributed by atoms with Crippen LogP contribution in [0.2, 0.25) is 0 Å². The first kappa shape index (κ1) is 17.1. The summed E-state index contributed by atoms with van der Waals surface area (Å²) in [6, 6.07) is 12.7. The van der Waals surface area contributed by atoms with Crippen LogP contribution in [0.5, 0.6) is 0 Å². The van der Waals surface area contributed by atoms with E-state index in [1.54, 1.807) is 36.4 Å². The van der Waals surface area contributed by atoms with Crippen molar-refractivity contribution in [3.8, 4) is 0 Å². The van der Waals surface area contributed by atoms with Gasteiger partial charge in [0, 0.05) is 0 Å². The number of sulfonamides is 1. The van der Waals surface area contributed by atoms with Crippen LogP contribution in [0, 0.1) is 5.82 Å². The molecule has 1 aromatic heterocycles. The average Bonchev–Trinajstić information content (AvgIpc) is 3.01. The lowest BCUT2D eigenvalue weighted by Gasteiger charge is -2.05. The number of rotatable bonds is 6. The van der Waals surface area contributed by atoms with Crippen molar-refractivity contribution < 1.29 is 12.8 Å². The molecule has 0 aliphatic rings. The largest absolute Gasteiger partial charge is 0.264 e. The molecule has 0 aliphatic heterocycles. The zero-order valence-corrected chi connectivity index (χ0v) is 14.4. The Labute approximate surface area is 145 Å². The number of anilines is 1. The number of aryl methyl sites for hydroxylation is 1. The molecular weight excluding hydrogens is 343 g/mol. The first-order valence-corrected chi connectivity index (χ1v) is 9.20. The average molecular weight is 360 g/mol. The van der Waals surface area contributed by atoms with E-state index >= 15 is 0 Å². The molecule has 2 aromatic carbocycles. The Balaban J connectivity index is 1.73. The van der Waals surface area contributed by atoms with Crippen molar-refractivity contribution >= 4 is 16.0 Å². The Morgan fingerprint density at radius 1 is 1.12 bits per heavy atom. The molecule has 1 heterocycles. The van der Waals surface area contributed by atoms with Gasteiger partial charge in [0.2, 0.25) is 0 Å². The Morgan fingerprint density at radius 2 is 1.88 bits per heavy atom. The molecule has 0 saturated carbocycles. The number of nitrogens with zero attached hydrogens (tertiary/aromatic N) is 3. The summed E-state index contributed by atoms with van der Waals surface area (Å²) in [6.07, 6.45) is 2.22. The van der Waals surface area contributed by atoms with Crippen LogP contribution in [0.1, 0.15) is 18.1 Å². The van der Waals surface area contributed by atoms with Gasteiger partial charge in [0.05, 0.1) is 11.4 Å². The third kappa shape index (κ3) is 4.21. The molecular formula is C17H17FN4O2S. The van der Waals surface area contributed by atoms with Gasteiger partial charge in [-0.3, -0.25) is 0 Å². The lowest BCUT2D eigenvalue weighted by Crippen LogP contribution is -2.14. The maximum Gasteiger partial charge on any atom is 0.264 e. The zero-order valence-electron chi connectivity index (χ0n) is 13.6. The molecule has 0 spiro atoms. The highest BCUT2D eigenvalue weighted by molar-refractivity contribution is 7.92. The fourth-order valence-electron chi connectivity index (χ4n) is 2.32. The van der Waals surface area contributed by atoms with Gasteiger partial charge in [-0.15, -0.1) is 5.10 Å². The molecule has 0 saturated heterocycles. The minimum atomic E-state index is -3.75. The second kappa shape index (κ2) is 7.02. The molecule has 0 radical (unpaired) electrons. The smallest absolute Gasteiger partial charge is 0.246 e. The highest BCUT2D eigenvalue weighted by Crippen LogP contribution is 2.14.